The molecule has 0 fully saturated rings. The van der Waals surface area contributed by atoms with Crippen LogP contribution in [0.25, 0.3) is 0 Å². The van der Waals surface area contributed by atoms with Crippen molar-refractivity contribution in [3.8, 4) is 0 Å². The molecule has 21 heavy (non-hydrogen) atoms. The molecule has 122 valence electrons. The lowest BCUT2D eigenvalue weighted by molar-refractivity contribution is -0.161. The van der Waals surface area contributed by atoms with E-state index in [-0.39, 0.29) is 37.9 Å². The molecule has 0 bridgehead atoms. The summed E-state index contributed by atoms with van der Waals surface area (Å²) in [4.78, 5) is 11.8. The number of cyclic esters (lactones) is 1. The number of ether oxygens (including phenoxy) is 5. The van der Waals surface area contributed by atoms with Crippen LogP contribution in [-0.4, -0.2) is 51.6 Å². The minimum Gasteiger partial charge on any atom is -0.460 e. The van der Waals surface area contributed by atoms with Gasteiger partial charge < -0.3 is 23.7 Å². The van der Waals surface area contributed by atoms with Crippen molar-refractivity contribution in [2.24, 2.45) is 0 Å². The van der Waals surface area contributed by atoms with Gasteiger partial charge in [0.25, 0.3) is 0 Å². The molecule has 0 saturated heterocycles. The minimum atomic E-state index is -0.342. The monoisotopic (exact) mass is 302 g/mol. The van der Waals surface area contributed by atoms with Crippen molar-refractivity contribution in [1.29, 1.82) is 0 Å². The highest BCUT2D eigenvalue weighted by Gasteiger charge is 2.22. The van der Waals surface area contributed by atoms with E-state index < -0.39 is 0 Å². The molecule has 0 unspecified atom stereocenters. The summed E-state index contributed by atoms with van der Waals surface area (Å²) in [6, 6.07) is 0. The Kier molecular flexibility index (Phi) is 9.25. The largest absolute Gasteiger partial charge is 0.460 e. The number of carbonyl (C=O) groups excluding carboxylic acids is 1. The number of esters is 1. The maximum Gasteiger partial charge on any atom is 0.306 e. The van der Waals surface area contributed by atoms with E-state index in [0.29, 0.717) is 25.9 Å². The second-order valence-corrected chi connectivity index (χ2v) is 4.83. The van der Waals surface area contributed by atoms with Crippen LogP contribution in [0.1, 0.15) is 33.1 Å². The Labute approximate surface area is 126 Å². The lowest BCUT2D eigenvalue weighted by atomic mass is 10.1. The van der Waals surface area contributed by atoms with Crippen LogP contribution in [0.3, 0.4) is 0 Å². The SMILES string of the molecule is CCOCO[C@@H]1/C=C\C[C@@H](OCOC)CCC(=O)O[C@@H]1C. The van der Waals surface area contributed by atoms with Crippen molar-refractivity contribution in [3.05, 3.63) is 12.2 Å². The first kappa shape index (κ1) is 18.1. The molecular weight excluding hydrogens is 276 g/mol. The van der Waals surface area contributed by atoms with Crippen LogP contribution in [0, 0.1) is 0 Å². The summed E-state index contributed by atoms with van der Waals surface area (Å²) in [5.41, 5.74) is 0. The van der Waals surface area contributed by atoms with Crippen LogP contribution in [0.4, 0.5) is 0 Å². The second-order valence-electron chi connectivity index (χ2n) is 4.83. The van der Waals surface area contributed by atoms with E-state index in [2.05, 4.69) is 0 Å². The van der Waals surface area contributed by atoms with Crippen LogP contribution in [0.5, 0.6) is 0 Å². The van der Waals surface area contributed by atoms with Crippen molar-refractivity contribution >= 4 is 5.97 Å². The Balaban J connectivity index is 2.60. The van der Waals surface area contributed by atoms with Crippen molar-refractivity contribution < 1.29 is 28.5 Å². The average Bonchev–Trinajstić information content (AvgIpc) is 2.47. The average molecular weight is 302 g/mol. The van der Waals surface area contributed by atoms with Gasteiger partial charge in [-0.2, -0.15) is 0 Å². The Morgan fingerprint density at radius 3 is 2.86 bits per heavy atom. The summed E-state index contributed by atoms with van der Waals surface area (Å²) in [7, 11) is 1.57. The molecular formula is C15H26O6. The van der Waals surface area contributed by atoms with Gasteiger partial charge in [0.2, 0.25) is 0 Å². The van der Waals surface area contributed by atoms with Crippen LogP contribution in [-0.2, 0) is 28.5 Å². The summed E-state index contributed by atoms with van der Waals surface area (Å²) in [5.74, 6) is -0.242. The van der Waals surface area contributed by atoms with Crippen LogP contribution < -0.4 is 0 Å². The third-order valence-corrected chi connectivity index (χ3v) is 3.14. The zero-order valence-electron chi connectivity index (χ0n) is 13.1. The topological polar surface area (TPSA) is 63.2 Å². The van der Waals surface area contributed by atoms with Gasteiger partial charge in [0.15, 0.2) is 0 Å². The number of carbonyl (C=O) groups is 1. The molecule has 1 rings (SSSR count). The van der Waals surface area contributed by atoms with Crippen LogP contribution in [0.15, 0.2) is 12.2 Å². The molecule has 0 aromatic heterocycles. The minimum absolute atomic E-state index is 0.0605. The van der Waals surface area contributed by atoms with E-state index >= 15 is 0 Å². The molecule has 1 heterocycles. The molecule has 1 aliphatic heterocycles. The summed E-state index contributed by atoms with van der Waals surface area (Å²) in [6.45, 7) is 4.69. The third kappa shape index (κ3) is 7.57. The molecule has 0 amide bonds. The number of hydrogen-bond acceptors (Lipinski definition) is 6. The molecule has 0 spiro atoms. The summed E-state index contributed by atoms with van der Waals surface area (Å²) in [6.07, 6.45) is 4.81. The van der Waals surface area contributed by atoms with E-state index in [4.69, 9.17) is 23.7 Å². The number of methoxy groups -OCH3 is 1. The Morgan fingerprint density at radius 1 is 1.33 bits per heavy atom. The maximum absolute atomic E-state index is 11.8. The number of rotatable bonds is 7. The fourth-order valence-electron chi connectivity index (χ4n) is 1.97. The highest BCUT2D eigenvalue weighted by atomic mass is 16.7. The molecule has 3 atom stereocenters. The lowest BCUT2D eigenvalue weighted by Gasteiger charge is -2.24. The highest BCUT2D eigenvalue weighted by molar-refractivity contribution is 5.69. The molecule has 0 saturated carbocycles. The van der Waals surface area contributed by atoms with Gasteiger partial charge in [-0.1, -0.05) is 12.2 Å². The van der Waals surface area contributed by atoms with Gasteiger partial charge in [0, 0.05) is 20.1 Å². The van der Waals surface area contributed by atoms with Crippen molar-refractivity contribution in [2.45, 2.75) is 51.4 Å². The van der Waals surface area contributed by atoms with Crippen molar-refractivity contribution in [1.82, 2.24) is 0 Å². The quantitative estimate of drug-likeness (QED) is 0.310. The predicted octanol–water partition coefficient (Wildman–Crippen LogP) is 2.03. The molecule has 6 heteroatoms. The Bertz CT molecular complexity index is 317. The zero-order chi connectivity index (χ0) is 15.5. The van der Waals surface area contributed by atoms with E-state index in [0.717, 1.165) is 0 Å². The molecule has 0 N–H and O–H groups in total. The maximum atomic E-state index is 11.8. The highest BCUT2D eigenvalue weighted by Crippen LogP contribution is 2.15. The van der Waals surface area contributed by atoms with Gasteiger partial charge >= 0.3 is 5.97 Å². The smallest absolute Gasteiger partial charge is 0.306 e. The van der Waals surface area contributed by atoms with E-state index in [1.54, 1.807) is 7.11 Å². The molecule has 0 aromatic rings. The Hall–Kier alpha value is -0.950. The van der Waals surface area contributed by atoms with Gasteiger partial charge in [-0.15, -0.1) is 0 Å². The van der Waals surface area contributed by atoms with Crippen LogP contribution >= 0.6 is 0 Å². The molecule has 1 aliphatic rings. The Morgan fingerprint density at radius 2 is 2.14 bits per heavy atom. The van der Waals surface area contributed by atoms with E-state index in [9.17, 15) is 4.79 Å². The van der Waals surface area contributed by atoms with Gasteiger partial charge in [-0.05, 0) is 26.7 Å². The first-order valence-corrected chi connectivity index (χ1v) is 7.33. The molecule has 6 nitrogen and oxygen atoms in total. The predicted molar refractivity (Wildman–Crippen MR) is 76.7 cm³/mol. The van der Waals surface area contributed by atoms with Gasteiger partial charge in [0.1, 0.15) is 25.8 Å². The van der Waals surface area contributed by atoms with Gasteiger partial charge in [-0.3, -0.25) is 4.79 Å². The fourth-order valence-corrected chi connectivity index (χ4v) is 1.97. The van der Waals surface area contributed by atoms with Crippen LogP contribution in [0.2, 0.25) is 0 Å². The summed E-state index contributed by atoms with van der Waals surface area (Å²) in [5, 5.41) is 0. The molecule has 0 aromatic carbocycles. The normalized spacial score (nSPS) is 28.9. The van der Waals surface area contributed by atoms with Gasteiger partial charge in [0.05, 0.1) is 6.10 Å². The summed E-state index contributed by atoms with van der Waals surface area (Å²) >= 11 is 0. The lowest BCUT2D eigenvalue weighted by Crippen LogP contribution is -2.31. The molecule has 0 radical (unpaired) electrons. The third-order valence-electron chi connectivity index (χ3n) is 3.14. The molecule has 0 aliphatic carbocycles. The second kappa shape index (κ2) is 10.7. The van der Waals surface area contributed by atoms with Gasteiger partial charge in [-0.25, -0.2) is 0 Å². The summed E-state index contributed by atoms with van der Waals surface area (Å²) < 4.78 is 26.5. The first-order valence-electron chi connectivity index (χ1n) is 7.33. The standard InChI is InChI=1S/C15H26O6/c1-4-18-11-20-14-7-5-6-13(19-10-17-3)8-9-15(16)21-12(14)2/h5,7,12-14H,4,6,8-11H2,1-3H3/b7-5-/t12-,13-,14-/m1/s1. The number of hydrogen-bond donors (Lipinski definition) is 0. The van der Waals surface area contributed by atoms with E-state index in [1.807, 2.05) is 26.0 Å². The van der Waals surface area contributed by atoms with Crippen molar-refractivity contribution in [3.63, 3.8) is 0 Å². The zero-order valence-corrected chi connectivity index (χ0v) is 13.1. The fraction of sp³-hybridized carbons (Fsp3) is 0.800. The van der Waals surface area contributed by atoms with Crippen molar-refractivity contribution in [2.75, 3.05) is 27.3 Å². The van der Waals surface area contributed by atoms with E-state index in [1.165, 1.54) is 0 Å². The first-order chi connectivity index (χ1) is 10.2.